The number of benzene rings is 1. The van der Waals surface area contributed by atoms with Gasteiger partial charge in [-0.3, -0.25) is 4.79 Å². The number of carbonyl (C=O) groups excluding carboxylic acids is 1. The Morgan fingerprint density at radius 1 is 1.24 bits per heavy atom. The minimum absolute atomic E-state index is 0.153. The molecule has 0 unspecified atom stereocenters. The van der Waals surface area contributed by atoms with Crippen LogP contribution in [0, 0.1) is 0 Å². The van der Waals surface area contributed by atoms with Gasteiger partial charge >= 0.3 is 0 Å². The summed E-state index contributed by atoms with van der Waals surface area (Å²) in [6.45, 7) is 2.07. The summed E-state index contributed by atoms with van der Waals surface area (Å²) in [5, 5.41) is 6.07. The molecule has 1 amide bonds. The number of pyridine rings is 1. The van der Waals surface area contributed by atoms with E-state index in [1.807, 2.05) is 18.2 Å². The lowest BCUT2D eigenvalue weighted by Gasteiger charge is -2.09. The van der Waals surface area contributed by atoms with Crippen LogP contribution in [0.1, 0.15) is 22.3 Å². The largest absolute Gasteiger partial charge is 0.454 e. The Morgan fingerprint density at radius 2 is 2.12 bits per heavy atom. The van der Waals surface area contributed by atoms with E-state index in [0.717, 1.165) is 24.3 Å². The number of anilines is 1. The first-order chi connectivity index (χ1) is 12.3. The molecule has 0 atom stereocenters. The molecule has 0 saturated heterocycles. The standard InChI is InChI=1S/C18H21N3O4/c1-23-8-2-6-19-17-10-14(5-7-20-17)18(22)21-11-13-3-4-15-16(9-13)25-12-24-15/h3-5,7,9-10H,2,6,8,11-12H2,1H3,(H,19,20)(H,21,22). The molecule has 0 radical (unpaired) electrons. The van der Waals surface area contributed by atoms with Crippen LogP contribution in [0.3, 0.4) is 0 Å². The molecule has 0 saturated carbocycles. The predicted octanol–water partition coefficient (Wildman–Crippen LogP) is 2.19. The molecule has 25 heavy (non-hydrogen) atoms. The molecule has 7 nitrogen and oxygen atoms in total. The molecule has 3 rings (SSSR count). The minimum atomic E-state index is -0.153. The Labute approximate surface area is 146 Å². The first-order valence-corrected chi connectivity index (χ1v) is 8.12. The number of rotatable bonds is 8. The van der Waals surface area contributed by atoms with E-state index in [0.29, 0.717) is 30.3 Å². The highest BCUT2D eigenvalue weighted by molar-refractivity contribution is 5.94. The van der Waals surface area contributed by atoms with Crippen LogP contribution in [-0.4, -0.2) is 37.9 Å². The van der Waals surface area contributed by atoms with Gasteiger partial charge in [-0.25, -0.2) is 4.98 Å². The van der Waals surface area contributed by atoms with Crippen molar-refractivity contribution >= 4 is 11.7 Å². The summed E-state index contributed by atoms with van der Waals surface area (Å²) in [5.41, 5.74) is 1.51. The third kappa shape index (κ3) is 4.60. The maximum absolute atomic E-state index is 12.3. The van der Waals surface area contributed by atoms with Gasteiger partial charge in [-0.1, -0.05) is 6.07 Å². The van der Waals surface area contributed by atoms with Crippen LogP contribution in [0.2, 0.25) is 0 Å². The second-order valence-corrected chi connectivity index (χ2v) is 5.57. The van der Waals surface area contributed by atoms with E-state index in [1.165, 1.54) is 0 Å². The highest BCUT2D eigenvalue weighted by atomic mass is 16.7. The Balaban J connectivity index is 1.54. The number of nitrogens with zero attached hydrogens (tertiary/aromatic N) is 1. The van der Waals surface area contributed by atoms with Gasteiger partial charge in [-0.05, 0) is 36.2 Å². The summed E-state index contributed by atoms with van der Waals surface area (Å²) >= 11 is 0. The quantitative estimate of drug-likeness (QED) is 0.715. The lowest BCUT2D eigenvalue weighted by molar-refractivity contribution is 0.0950. The number of methoxy groups -OCH3 is 1. The van der Waals surface area contributed by atoms with Gasteiger partial charge in [0, 0.05) is 38.6 Å². The summed E-state index contributed by atoms with van der Waals surface area (Å²) < 4.78 is 15.6. The fourth-order valence-corrected chi connectivity index (χ4v) is 2.44. The molecular formula is C18H21N3O4. The van der Waals surface area contributed by atoms with Crippen molar-refractivity contribution in [2.24, 2.45) is 0 Å². The van der Waals surface area contributed by atoms with Crippen LogP contribution in [0.25, 0.3) is 0 Å². The van der Waals surface area contributed by atoms with Gasteiger partial charge in [-0.2, -0.15) is 0 Å². The maximum atomic E-state index is 12.3. The SMILES string of the molecule is COCCCNc1cc(C(=O)NCc2ccc3c(c2)OCO3)ccn1. The van der Waals surface area contributed by atoms with E-state index in [-0.39, 0.29) is 12.7 Å². The topological polar surface area (TPSA) is 81.7 Å². The first-order valence-electron chi connectivity index (χ1n) is 8.12. The molecule has 1 aliphatic rings. The van der Waals surface area contributed by atoms with Crippen molar-refractivity contribution in [2.45, 2.75) is 13.0 Å². The number of aromatic nitrogens is 1. The van der Waals surface area contributed by atoms with Gasteiger partial charge in [0.05, 0.1) is 0 Å². The van der Waals surface area contributed by atoms with Crippen molar-refractivity contribution in [3.05, 3.63) is 47.7 Å². The van der Waals surface area contributed by atoms with E-state index in [9.17, 15) is 4.79 Å². The molecule has 0 fully saturated rings. The number of hydrogen-bond acceptors (Lipinski definition) is 6. The van der Waals surface area contributed by atoms with E-state index in [2.05, 4.69) is 15.6 Å². The number of carbonyl (C=O) groups is 1. The smallest absolute Gasteiger partial charge is 0.251 e. The minimum Gasteiger partial charge on any atom is -0.454 e. The average molecular weight is 343 g/mol. The zero-order valence-electron chi connectivity index (χ0n) is 14.1. The van der Waals surface area contributed by atoms with Crippen LogP contribution in [0.4, 0.5) is 5.82 Å². The summed E-state index contributed by atoms with van der Waals surface area (Å²) in [6.07, 6.45) is 2.49. The summed E-state index contributed by atoms with van der Waals surface area (Å²) in [6, 6.07) is 9.05. The molecule has 1 aromatic heterocycles. The van der Waals surface area contributed by atoms with Gasteiger partial charge in [0.2, 0.25) is 6.79 Å². The zero-order valence-corrected chi connectivity index (χ0v) is 14.1. The Hall–Kier alpha value is -2.80. The Kier molecular flexibility index (Phi) is 5.69. The number of ether oxygens (including phenoxy) is 3. The Bertz CT molecular complexity index is 736. The molecular weight excluding hydrogens is 322 g/mol. The lowest BCUT2D eigenvalue weighted by atomic mass is 10.2. The average Bonchev–Trinajstić information content (AvgIpc) is 3.11. The number of nitrogens with one attached hydrogen (secondary N) is 2. The van der Waals surface area contributed by atoms with Crippen molar-refractivity contribution in [3.8, 4) is 11.5 Å². The fraction of sp³-hybridized carbons (Fsp3) is 0.333. The maximum Gasteiger partial charge on any atom is 0.251 e. The van der Waals surface area contributed by atoms with Crippen molar-refractivity contribution in [2.75, 3.05) is 32.4 Å². The molecule has 2 N–H and O–H groups in total. The van der Waals surface area contributed by atoms with E-state index >= 15 is 0 Å². The number of fused-ring (bicyclic) bond motifs is 1. The monoisotopic (exact) mass is 343 g/mol. The van der Waals surface area contributed by atoms with E-state index < -0.39 is 0 Å². The van der Waals surface area contributed by atoms with Crippen LogP contribution in [0.15, 0.2) is 36.5 Å². The van der Waals surface area contributed by atoms with Crippen molar-refractivity contribution in [1.29, 1.82) is 0 Å². The molecule has 1 aliphatic heterocycles. The van der Waals surface area contributed by atoms with Crippen LogP contribution in [-0.2, 0) is 11.3 Å². The van der Waals surface area contributed by atoms with Gasteiger partial charge in [-0.15, -0.1) is 0 Å². The molecule has 7 heteroatoms. The zero-order chi connectivity index (χ0) is 17.5. The van der Waals surface area contributed by atoms with Crippen LogP contribution in [0.5, 0.6) is 11.5 Å². The third-order valence-electron chi connectivity index (χ3n) is 3.74. The lowest BCUT2D eigenvalue weighted by Crippen LogP contribution is -2.23. The number of hydrogen-bond donors (Lipinski definition) is 2. The Morgan fingerprint density at radius 3 is 3.00 bits per heavy atom. The second kappa shape index (κ2) is 8.34. The highest BCUT2D eigenvalue weighted by Crippen LogP contribution is 2.32. The van der Waals surface area contributed by atoms with Crippen LogP contribution < -0.4 is 20.1 Å². The predicted molar refractivity (Wildman–Crippen MR) is 93.0 cm³/mol. The second-order valence-electron chi connectivity index (χ2n) is 5.57. The third-order valence-corrected chi connectivity index (χ3v) is 3.74. The summed E-state index contributed by atoms with van der Waals surface area (Å²) in [7, 11) is 1.67. The molecule has 132 valence electrons. The molecule has 0 spiro atoms. The number of amides is 1. The highest BCUT2D eigenvalue weighted by Gasteiger charge is 2.13. The summed E-state index contributed by atoms with van der Waals surface area (Å²) in [4.78, 5) is 16.6. The normalized spacial score (nSPS) is 12.0. The van der Waals surface area contributed by atoms with Crippen molar-refractivity contribution in [3.63, 3.8) is 0 Å². The molecule has 2 heterocycles. The van der Waals surface area contributed by atoms with Crippen LogP contribution >= 0.6 is 0 Å². The molecule has 0 aliphatic carbocycles. The molecule has 0 bridgehead atoms. The molecule has 2 aromatic rings. The van der Waals surface area contributed by atoms with E-state index in [4.69, 9.17) is 14.2 Å². The van der Waals surface area contributed by atoms with Crippen molar-refractivity contribution in [1.82, 2.24) is 10.3 Å². The summed E-state index contributed by atoms with van der Waals surface area (Å²) in [5.74, 6) is 1.96. The van der Waals surface area contributed by atoms with Gasteiger partial charge < -0.3 is 24.8 Å². The van der Waals surface area contributed by atoms with E-state index in [1.54, 1.807) is 25.4 Å². The van der Waals surface area contributed by atoms with Crippen molar-refractivity contribution < 1.29 is 19.0 Å². The van der Waals surface area contributed by atoms with Gasteiger partial charge in [0.1, 0.15) is 5.82 Å². The van der Waals surface area contributed by atoms with Gasteiger partial charge in [0.15, 0.2) is 11.5 Å². The first kappa shape index (κ1) is 17.0. The molecule has 1 aromatic carbocycles. The van der Waals surface area contributed by atoms with Gasteiger partial charge in [0.25, 0.3) is 5.91 Å². The fourth-order valence-electron chi connectivity index (χ4n) is 2.44.